The molecule has 0 unspecified atom stereocenters. The first-order valence-corrected chi connectivity index (χ1v) is 10.4. The maximum atomic E-state index is 5.49. The lowest BCUT2D eigenvalue weighted by Gasteiger charge is -2.35. The third-order valence-corrected chi connectivity index (χ3v) is 5.88. The molecule has 28 heavy (non-hydrogen) atoms. The van der Waals surface area contributed by atoms with Crippen molar-refractivity contribution in [1.82, 2.24) is 19.4 Å². The maximum Gasteiger partial charge on any atom is 0.140 e. The second kappa shape index (κ2) is 6.62. The number of imidazole rings is 1. The number of pyridine rings is 1. The Morgan fingerprint density at radius 3 is 2.57 bits per heavy atom. The van der Waals surface area contributed by atoms with Crippen molar-refractivity contribution in [3.8, 4) is 0 Å². The smallest absolute Gasteiger partial charge is 0.140 e. The molecule has 0 N–H and O–H groups in total. The predicted molar refractivity (Wildman–Crippen MR) is 110 cm³/mol. The molecule has 4 heterocycles. The van der Waals surface area contributed by atoms with Crippen molar-refractivity contribution in [3.05, 3.63) is 47.7 Å². The fourth-order valence-corrected chi connectivity index (χ4v) is 3.88. The van der Waals surface area contributed by atoms with E-state index in [4.69, 9.17) is 9.51 Å². The number of rotatable bonds is 4. The Hall–Kier alpha value is -2.34. The van der Waals surface area contributed by atoms with Gasteiger partial charge in [-0.05, 0) is 25.0 Å². The molecule has 3 aromatic rings. The number of fused-ring (bicyclic) bond motifs is 1. The number of piperazine rings is 1. The molecule has 1 saturated carbocycles. The summed E-state index contributed by atoms with van der Waals surface area (Å²) in [6, 6.07) is 6.49. The zero-order valence-electron chi connectivity index (χ0n) is 17.1. The quantitative estimate of drug-likeness (QED) is 0.690. The summed E-state index contributed by atoms with van der Waals surface area (Å²) in [7, 11) is 0. The van der Waals surface area contributed by atoms with Crippen LogP contribution in [0.25, 0.3) is 5.65 Å². The van der Waals surface area contributed by atoms with Gasteiger partial charge in [-0.2, -0.15) is 0 Å². The first kappa shape index (κ1) is 17.7. The summed E-state index contributed by atoms with van der Waals surface area (Å²) in [6.07, 6.45) is 6.89. The Morgan fingerprint density at radius 2 is 1.86 bits per heavy atom. The van der Waals surface area contributed by atoms with Crippen LogP contribution in [0.15, 0.2) is 35.1 Å². The van der Waals surface area contributed by atoms with E-state index in [2.05, 4.69) is 70.7 Å². The average Bonchev–Trinajstić information content (AvgIpc) is 3.25. The Kier molecular flexibility index (Phi) is 4.19. The highest BCUT2D eigenvalue weighted by molar-refractivity contribution is 5.53. The summed E-state index contributed by atoms with van der Waals surface area (Å²) in [5, 5.41) is 4.26. The fraction of sp³-hybridized carbons (Fsp3) is 0.545. The van der Waals surface area contributed by atoms with E-state index >= 15 is 0 Å². The molecule has 0 amide bonds. The van der Waals surface area contributed by atoms with Crippen LogP contribution in [0.5, 0.6) is 0 Å². The van der Waals surface area contributed by atoms with Crippen LogP contribution >= 0.6 is 0 Å². The molecule has 3 aromatic heterocycles. The molecule has 2 fully saturated rings. The molecule has 148 valence electrons. The third kappa shape index (κ3) is 3.53. The molecule has 6 heteroatoms. The minimum Gasteiger partial charge on any atom is -0.368 e. The molecular weight excluding hydrogens is 350 g/mol. The van der Waals surface area contributed by atoms with E-state index in [-0.39, 0.29) is 5.41 Å². The standard InChI is InChI=1S/C22H29N5O/c1-22(2,3)20-15-27-14-18(6-7-21(27)23-20)26-10-8-25(9-11-26)13-17-12-19(28-24-17)16-4-5-16/h6-7,12,14-16H,4-5,8-11,13H2,1-3H3. The highest BCUT2D eigenvalue weighted by atomic mass is 16.5. The number of nitrogens with zero attached hydrogens (tertiary/aromatic N) is 5. The van der Waals surface area contributed by atoms with Crippen molar-refractivity contribution < 1.29 is 4.52 Å². The Bertz CT molecular complexity index is 970. The van der Waals surface area contributed by atoms with Crippen molar-refractivity contribution in [2.75, 3.05) is 31.1 Å². The minimum absolute atomic E-state index is 0.0678. The van der Waals surface area contributed by atoms with Gasteiger partial charge >= 0.3 is 0 Å². The summed E-state index contributed by atoms with van der Waals surface area (Å²) >= 11 is 0. The zero-order chi connectivity index (χ0) is 19.3. The van der Waals surface area contributed by atoms with Gasteiger partial charge in [0, 0.05) is 62.5 Å². The van der Waals surface area contributed by atoms with Gasteiger partial charge in [0.25, 0.3) is 0 Å². The van der Waals surface area contributed by atoms with Gasteiger partial charge in [0.2, 0.25) is 0 Å². The van der Waals surface area contributed by atoms with E-state index in [0.29, 0.717) is 5.92 Å². The van der Waals surface area contributed by atoms with Crippen LogP contribution < -0.4 is 4.90 Å². The Labute approximate surface area is 166 Å². The topological polar surface area (TPSA) is 49.8 Å². The highest BCUT2D eigenvalue weighted by Gasteiger charge is 2.28. The molecule has 0 spiro atoms. The maximum absolute atomic E-state index is 5.49. The van der Waals surface area contributed by atoms with Crippen molar-refractivity contribution in [3.63, 3.8) is 0 Å². The van der Waals surface area contributed by atoms with Crippen LogP contribution in [0.4, 0.5) is 5.69 Å². The molecule has 1 aliphatic heterocycles. The molecule has 1 saturated heterocycles. The molecular formula is C22H29N5O. The lowest BCUT2D eigenvalue weighted by atomic mass is 9.93. The second-order valence-electron chi connectivity index (χ2n) is 9.29. The number of anilines is 1. The summed E-state index contributed by atoms with van der Waals surface area (Å²) in [4.78, 5) is 9.70. The van der Waals surface area contributed by atoms with E-state index in [1.165, 1.54) is 18.5 Å². The van der Waals surface area contributed by atoms with Crippen LogP contribution in [0, 0.1) is 0 Å². The largest absolute Gasteiger partial charge is 0.368 e. The Morgan fingerprint density at radius 1 is 1.07 bits per heavy atom. The second-order valence-corrected chi connectivity index (χ2v) is 9.29. The average molecular weight is 380 g/mol. The first-order valence-electron chi connectivity index (χ1n) is 10.4. The monoisotopic (exact) mass is 379 g/mol. The number of hydrogen-bond donors (Lipinski definition) is 0. The van der Waals surface area contributed by atoms with Gasteiger partial charge in [-0.1, -0.05) is 25.9 Å². The van der Waals surface area contributed by atoms with E-state index in [0.717, 1.165) is 55.5 Å². The fourth-order valence-electron chi connectivity index (χ4n) is 3.88. The zero-order valence-corrected chi connectivity index (χ0v) is 17.1. The van der Waals surface area contributed by atoms with E-state index in [1.807, 2.05) is 0 Å². The van der Waals surface area contributed by atoms with Gasteiger partial charge < -0.3 is 13.8 Å². The van der Waals surface area contributed by atoms with Gasteiger partial charge in [-0.3, -0.25) is 4.90 Å². The van der Waals surface area contributed by atoms with Crippen LogP contribution in [0.3, 0.4) is 0 Å². The first-order chi connectivity index (χ1) is 13.5. The van der Waals surface area contributed by atoms with Gasteiger partial charge in [0.1, 0.15) is 11.4 Å². The van der Waals surface area contributed by atoms with Gasteiger partial charge in [-0.25, -0.2) is 4.98 Å². The molecule has 0 aromatic carbocycles. The molecule has 5 rings (SSSR count). The van der Waals surface area contributed by atoms with E-state index in [9.17, 15) is 0 Å². The molecule has 0 atom stereocenters. The summed E-state index contributed by atoms with van der Waals surface area (Å²) in [5.74, 6) is 1.71. The van der Waals surface area contributed by atoms with Crippen LogP contribution in [-0.2, 0) is 12.0 Å². The molecule has 2 aliphatic rings. The van der Waals surface area contributed by atoms with Crippen molar-refractivity contribution in [2.24, 2.45) is 0 Å². The van der Waals surface area contributed by atoms with Crippen LogP contribution in [-0.4, -0.2) is 45.6 Å². The predicted octanol–water partition coefficient (Wildman–Crippen LogP) is 3.82. The lowest BCUT2D eigenvalue weighted by Crippen LogP contribution is -2.46. The SMILES string of the molecule is CC(C)(C)c1cn2cc(N3CCN(Cc4cc(C5CC5)on4)CC3)ccc2n1. The Balaban J connectivity index is 1.23. The van der Waals surface area contributed by atoms with Gasteiger partial charge in [0.15, 0.2) is 0 Å². The summed E-state index contributed by atoms with van der Waals surface area (Å²) in [6.45, 7) is 11.6. The highest BCUT2D eigenvalue weighted by Crippen LogP contribution is 2.40. The normalized spacial score (nSPS) is 18.9. The van der Waals surface area contributed by atoms with Crippen molar-refractivity contribution >= 4 is 11.3 Å². The van der Waals surface area contributed by atoms with Crippen LogP contribution in [0.2, 0.25) is 0 Å². The van der Waals surface area contributed by atoms with E-state index in [1.54, 1.807) is 0 Å². The minimum atomic E-state index is 0.0678. The third-order valence-electron chi connectivity index (χ3n) is 5.88. The summed E-state index contributed by atoms with van der Waals surface area (Å²) < 4.78 is 7.66. The van der Waals surface area contributed by atoms with Gasteiger partial charge in [0.05, 0.1) is 17.1 Å². The number of hydrogen-bond acceptors (Lipinski definition) is 5. The molecule has 1 aliphatic carbocycles. The molecule has 0 radical (unpaired) electrons. The van der Waals surface area contributed by atoms with Crippen LogP contribution in [0.1, 0.15) is 56.7 Å². The van der Waals surface area contributed by atoms with Crippen molar-refractivity contribution in [1.29, 1.82) is 0 Å². The van der Waals surface area contributed by atoms with Crippen molar-refractivity contribution in [2.45, 2.75) is 51.5 Å². The lowest BCUT2D eigenvalue weighted by molar-refractivity contribution is 0.241. The number of aromatic nitrogens is 3. The summed E-state index contributed by atoms with van der Waals surface area (Å²) in [5.41, 5.74) is 4.56. The van der Waals surface area contributed by atoms with Gasteiger partial charge in [-0.15, -0.1) is 0 Å². The molecule has 0 bridgehead atoms. The molecule has 6 nitrogen and oxygen atoms in total. The van der Waals surface area contributed by atoms with E-state index < -0.39 is 0 Å².